The highest BCUT2D eigenvalue weighted by molar-refractivity contribution is 5.98. The molecule has 0 bridgehead atoms. The van der Waals surface area contributed by atoms with Gasteiger partial charge in [0.1, 0.15) is 17.8 Å². The molecule has 0 spiro atoms. The third kappa shape index (κ3) is 4.84. The molecule has 1 atom stereocenters. The van der Waals surface area contributed by atoms with E-state index in [1.807, 2.05) is 6.92 Å². The van der Waals surface area contributed by atoms with Crippen molar-refractivity contribution in [3.8, 4) is 0 Å². The molecule has 1 aromatic rings. The van der Waals surface area contributed by atoms with Gasteiger partial charge in [0.05, 0.1) is 11.8 Å². The molecular weight excluding hydrogens is 322 g/mol. The molecule has 138 valence electrons. The van der Waals surface area contributed by atoms with E-state index in [0.717, 1.165) is 25.7 Å². The maximum atomic E-state index is 12.6. The zero-order valence-corrected chi connectivity index (χ0v) is 14.9. The molecule has 0 radical (unpaired) electrons. The third-order valence-corrected chi connectivity index (χ3v) is 4.56. The first-order valence-electron chi connectivity index (χ1n) is 8.92. The smallest absolute Gasteiger partial charge is 0.255 e. The zero-order chi connectivity index (χ0) is 18.3. The summed E-state index contributed by atoms with van der Waals surface area (Å²) in [4.78, 5) is 37.2. The summed E-state index contributed by atoms with van der Waals surface area (Å²) >= 11 is 0. The summed E-state index contributed by atoms with van der Waals surface area (Å²) in [6.07, 6.45) is 7.66. The number of furan rings is 1. The summed E-state index contributed by atoms with van der Waals surface area (Å²) < 4.78 is 4.87. The minimum atomic E-state index is -0.876. The molecule has 1 aromatic heterocycles. The Labute approximate surface area is 147 Å². The summed E-state index contributed by atoms with van der Waals surface area (Å²) in [5, 5.41) is 8.43. The minimum absolute atomic E-state index is 0.129. The fourth-order valence-corrected chi connectivity index (χ4v) is 3.06. The standard InChI is InChI=1S/C18H27N3O4/c1-3-10-19-17(24)18(8-5-4-6-9-18)21-15(22)13(2)20-16(23)14-7-11-25-12-14/h7,11-13H,3-6,8-10H2,1-2H3,(H,19,24)(H,20,23)(H,21,22)/t13-/m0/s1. The van der Waals surface area contributed by atoms with Crippen molar-refractivity contribution in [1.29, 1.82) is 0 Å². The number of amides is 3. The molecule has 1 saturated carbocycles. The van der Waals surface area contributed by atoms with Crippen molar-refractivity contribution >= 4 is 17.7 Å². The van der Waals surface area contributed by atoms with Gasteiger partial charge in [-0.2, -0.15) is 0 Å². The quantitative estimate of drug-likeness (QED) is 0.698. The number of carbonyl (C=O) groups is 3. The highest BCUT2D eigenvalue weighted by atomic mass is 16.3. The maximum absolute atomic E-state index is 12.6. The highest BCUT2D eigenvalue weighted by Crippen LogP contribution is 2.28. The van der Waals surface area contributed by atoms with Gasteiger partial charge in [0.15, 0.2) is 0 Å². The molecule has 1 aliphatic carbocycles. The Morgan fingerprint density at radius 1 is 1.24 bits per heavy atom. The number of hydrogen-bond acceptors (Lipinski definition) is 4. The van der Waals surface area contributed by atoms with Gasteiger partial charge < -0.3 is 20.4 Å². The topological polar surface area (TPSA) is 100 Å². The van der Waals surface area contributed by atoms with Gasteiger partial charge in [-0.3, -0.25) is 14.4 Å². The van der Waals surface area contributed by atoms with Crippen LogP contribution in [0.5, 0.6) is 0 Å². The molecule has 25 heavy (non-hydrogen) atoms. The summed E-state index contributed by atoms with van der Waals surface area (Å²) in [6.45, 7) is 4.18. The first-order valence-corrected chi connectivity index (χ1v) is 8.92. The fourth-order valence-electron chi connectivity index (χ4n) is 3.06. The van der Waals surface area contributed by atoms with E-state index in [1.54, 1.807) is 6.92 Å². The van der Waals surface area contributed by atoms with Gasteiger partial charge in [0.25, 0.3) is 5.91 Å². The average molecular weight is 349 g/mol. The van der Waals surface area contributed by atoms with E-state index < -0.39 is 11.6 Å². The molecule has 0 aliphatic heterocycles. The first kappa shape index (κ1) is 19.0. The lowest BCUT2D eigenvalue weighted by Crippen LogP contribution is -2.62. The Morgan fingerprint density at radius 3 is 2.56 bits per heavy atom. The molecule has 3 amide bonds. The van der Waals surface area contributed by atoms with Gasteiger partial charge in [0.2, 0.25) is 11.8 Å². The van der Waals surface area contributed by atoms with E-state index in [1.165, 1.54) is 18.6 Å². The Kier molecular flexibility index (Phi) is 6.61. The van der Waals surface area contributed by atoms with Crippen molar-refractivity contribution in [2.24, 2.45) is 0 Å². The van der Waals surface area contributed by atoms with Crippen LogP contribution in [0, 0.1) is 0 Å². The van der Waals surface area contributed by atoms with Crippen molar-refractivity contribution in [2.75, 3.05) is 6.54 Å². The molecule has 1 aliphatic rings. The SMILES string of the molecule is CCCNC(=O)C1(NC(=O)[C@H](C)NC(=O)c2ccoc2)CCCCC1. The molecule has 0 unspecified atom stereocenters. The van der Waals surface area contributed by atoms with E-state index in [9.17, 15) is 14.4 Å². The molecule has 3 N–H and O–H groups in total. The number of rotatable bonds is 7. The van der Waals surface area contributed by atoms with Crippen molar-refractivity contribution < 1.29 is 18.8 Å². The van der Waals surface area contributed by atoms with E-state index in [-0.39, 0.29) is 17.7 Å². The van der Waals surface area contributed by atoms with Crippen molar-refractivity contribution in [1.82, 2.24) is 16.0 Å². The van der Waals surface area contributed by atoms with Gasteiger partial charge in [-0.15, -0.1) is 0 Å². The zero-order valence-electron chi connectivity index (χ0n) is 14.9. The number of carbonyl (C=O) groups excluding carboxylic acids is 3. The second kappa shape index (κ2) is 8.69. The molecule has 1 fully saturated rings. The summed E-state index contributed by atoms with van der Waals surface area (Å²) in [5.41, 5.74) is -0.521. The maximum Gasteiger partial charge on any atom is 0.255 e. The van der Waals surface area contributed by atoms with Crippen LogP contribution in [-0.4, -0.2) is 35.8 Å². The lowest BCUT2D eigenvalue weighted by molar-refractivity contribution is -0.135. The summed E-state index contributed by atoms with van der Waals surface area (Å²) in [5.74, 6) is -0.870. The minimum Gasteiger partial charge on any atom is -0.472 e. The van der Waals surface area contributed by atoms with Crippen LogP contribution in [-0.2, 0) is 9.59 Å². The molecule has 1 heterocycles. The molecular formula is C18H27N3O4. The van der Waals surface area contributed by atoms with Crippen LogP contribution in [0.25, 0.3) is 0 Å². The summed E-state index contributed by atoms with van der Waals surface area (Å²) in [7, 11) is 0. The molecule has 0 aromatic carbocycles. The van der Waals surface area contributed by atoms with Crippen molar-refractivity contribution in [2.45, 2.75) is 64.0 Å². The molecule has 7 nitrogen and oxygen atoms in total. The van der Waals surface area contributed by atoms with Gasteiger partial charge in [-0.1, -0.05) is 26.2 Å². The first-order chi connectivity index (χ1) is 12.0. The molecule has 2 rings (SSSR count). The van der Waals surface area contributed by atoms with E-state index in [2.05, 4.69) is 16.0 Å². The van der Waals surface area contributed by atoms with Crippen LogP contribution in [0.15, 0.2) is 23.0 Å². The van der Waals surface area contributed by atoms with Crippen LogP contribution in [0.2, 0.25) is 0 Å². The second-order valence-electron chi connectivity index (χ2n) is 6.60. The van der Waals surface area contributed by atoms with E-state index >= 15 is 0 Å². The van der Waals surface area contributed by atoms with Gasteiger partial charge in [-0.05, 0) is 32.3 Å². The number of nitrogens with one attached hydrogen (secondary N) is 3. The Morgan fingerprint density at radius 2 is 1.96 bits per heavy atom. The third-order valence-electron chi connectivity index (χ3n) is 4.56. The predicted octanol–water partition coefficient (Wildman–Crippen LogP) is 1.74. The lowest BCUT2D eigenvalue weighted by atomic mass is 9.80. The van der Waals surface area contributed by atoms with Gasteiger partial charge in [0, 0.05) is 6.54 Å². The van der Waals surface area contributed by atoms with Crippen molar-refractivity contribution in [3.05, 3.63) is 24.2 Å². The van der Waals surface area contributed by atoms with E-state index in [4.69, 9.17) is 4.42 Å². The monoisotopic (exact) mass is 349 g/mol. The predicted molar refractivity (Wildman–Crippen MR) is 92.9 cm³/mol. The lowest BCUT2D eigenvalue weighted by Gasteiger charge is -2.37. The molecule has 7 heteroatoms. The largest absolute Gasteiger partial charge is 0.472 e. The summed E-state index contributed by atoms with van der Waals surface area (Å²) in [6, 6.07) is 0.779. The van der Waals surface area contributed by atoms with Crippen LogP contribution in [0.1, 0.15) is 62.7 Å². The normalized spacial score (nSPS) is 17.4. The second-order valence-corrected chi connectivity index (χ2v) is 6.60. The molecule has 0 saturated heterocycles. The average Bonchev–Trinajstić information content (AvgIpc) is 3.15. The fraction of sp³-hybridized carbons (Fsp3) is 0.611. The Hall–Kier alpha value is -2.31. The van der Waals surface area contributed by atoms with Crippen LogP contribution < -0.4 is 16.0 Å². The van der Waals surface area contributed by atoms with E-state index in [0.29, 0.717) is 24.9 Å². The van der Waals surface area contributed by atoms with Crippen LogP contribution >= 0.6 is 0 Å². The Bertz CT molecular complexity index is 591. The van der Waals surface area contributed by atoms with Crippen molar-refractivity contribution in [3.63, 3.8) is 0 Å². The van der Waals surface area contributed by atoms with Crippen LogP contribution in [0.4, 0.5) is 0 Å². The van der Waals surface area contributed by atoms with Gasteiger partial charge in [-0.25, -0.2) is 0 Å². The Balaban J connectivity index is 2.00. The highest BCUT2D eigenvalue weighted by Gasteiger charge is 2.41. The van der Waals surface area contributed by atoms with Crippen LogP contribution in [0.3, 0.4) is 0 Å². The van der Waals surface area contributed by atoms with Gasteiger partial charge >= 0.3 is 0 Å². The number of hydrogen-bond donors (Lipinski definition) is 3.